The summed E-state index contributed by atoms with van der Waals surface area (Å²) in [4.78, 5) is 26.4. The maximum Gasteiger partial charge on any atom is 0.251 e. The van der Waals surface area contributed by atoms with Gasteiger partial charge in [-0.3, -0.25) is 14.5 Å². The predicted molar refractivity (Wildman–Crippen MR) is 112 cm³/mol. The number of nitrogens with one attached hydrogen (secondary N) is 2. The molecule has 1 aliphatic heterocycles. The van der Waals surface area contributed by atoms with Gasteiger partial charge in [-0.05, 0) is 44.9 Å². The van der Waals surface area contributed by atoms with Crippen molar-refractivity contribution in [2.24, 2.45) is 0 Å². The van der Waals surface area contributed by atoms with Gasteiger partial charge in [-0.1, -0.05) is 23.2 Å². The summed E-state index contributed by atoms with van der Waals surface area (Å²) in [6, 6.07) is 4.50. The Morgan fingerprint density at radius 1 is 1.21 bits per heavy atom. The lowest BCUT2D eigenvalue weighted by atomic mass is 9.93. The van der Waals surface area contributed by atoms with Gasteiger partial charge in [-0.25, -0.2) is 4.39 Å². The second-order valence-corrected chi connectivity index (χ2v) is 9.01. The molecule has 1 aliphatic rings. The predicted octanol–water partition coefficient (Wildman–Crippen LogP) is 3.07. The zero-order valence-corrected chi connectivity index (χ0v) is 18.5. The molecule has 0 unspecified atom stereocenters. The summed E-state index contributed by atoms with van der Waals surface area (Å²) in [5.41, 5.74) is -1.68. The molecule has 1 saturated heterocycles. The van der Waals surface area contributed by atoms with E-state index < -0.39 is 17.1 Å². The van der Waals surface area contributed by atoms with Crippen LogP contribution in [0.3, 0.4) is 0 Å². The third-order valence-electron chi connectivity index (χ3n) is 4.79. The Morgan fingerprint density at radius 3 is 2.34 bits per heavy atom. The van der Waals surface area contributed by atoms with Crippen LogP contribution in [0.15, 0.2) is 18.2 Å². The van der Waals surface area contributed by atoms with Crippen LogP contribution in [-0.2, 0) is 9.53 Å². The van der Waals surface area contributed by atoms with Crippen molar-refractivity contribution in [3.8, 4) is 0 Å². The van der Waals surface area contributed by atoms with Gasteiger partial charge >= 0.3 is 0 Å². The average molecular weight is 448 g/mol. The number of carbonyl (C=O) groups excluding carboxylic acids is 2. The van der Waals surface area contributed by atoms with Crippen molar-refractivity contribution in [1.29, 1.82) is 0 Å². The molecule has 0 radical (unpaired) electrons. The van der Waals surface area contributed by atoms with E-state index in [-0.39, 0.29) is 31.8 Å². The third-order valence-corrected chi connectivity index (χ3v) is 5.23. The van der Waals surface area contributed by atoms with Crippen molar-refractivity contribution < 1.29 is 18.7 Å². The molecule has 162 valence electrons. The van der Waals surface area contributed by atoms with Gasteiger partial charge in [0, 0.05) is 35.8 Å². The third kappa shape index (κ3) is 7.74. The molecule has 1 aromatic rings. The fourth-order valence-electron chi connectivity index (χ4n) is 3.33. The molecular formula is C20H28Cl2FN3O3. The number of methoxy groups -OCH3 is 1. The van der Waals surface area contributed by atoms with Crippen LogP contribution in [0.4, 0.5) is 4.39 Å². The van der Waals surface area contributed by atoms with Crippen molar-refractivity contribution in [1.82, 2.24) is 15.5 Å². The zero-order valence-electron chi connectivity index (χ0n) is 17.0. The second-order valence-electron chi connectivity index (χ2n) is 8.13. The summed E-state index contributed by atoms with van der Waals surface area (Å²) in [6.45, 7) is 5.15. The molecule has 2 N–H and O–H groups in total. The highest BCUT2D eigenvalue weighted by molar-refractivity contribution is 6.35. The Labute approximate surface area is 181 Å². The summed E-state index contributed by atoms with van der Waals surface area (Å²) < 4.78 is 20.2. The smallest absolute Gasteiger partial charge is 0.251 e. The van der Waals surface area contributed by atoms with Gasteiger partial charge in [0.2, 0.25) is 5.91 Å². The van der Waals surface area contributed by atoms with E-state index in [4.69, 9.17) is 27.9 Å². The van der Waals surface area contributed by atoms with Crippen LogP contribution < -0.4 is 10.6 Å². The van der Waals surface area contributed by atoms with Crippen molar-refractivity contribution >= 4 is 35.0 Å². The van der Waals surface area contributed by atoms with Crippen LogP contribution in [0, 0.1) is 0 Å². The van der Waals surface area contributed by atoms with Gasteiger partial charge in [0.05, 0.1) is 25.2 Å². The molecule has 1 fully saturated rings. The summed E-state index contributed by atoms with van der Waals surface area (Å²) in [7, 11) is 1.58. The average Bonchev–Trinajstić information content (AvgIpc) is 2.60. The number of halogens is 3. The minimum absolute atomic E-state index is 0.100. The van der Waals surface area contributed by atoms with E-state index in [9.17, 15) is 9.59 Å². The highest BCUT2D eigenvalue weighted by Crippen LogP contribution is 2.26. The van der Waals surface area contributed by atoms with E-state index >= 15 is 4.39 Å². The Morgan fingerprint density at radius 2 is 1.79 bits per heavy atom. The molecular weight excluding hydrogens is 420 g/mol. The number of benzene rings is 1. The number of hydrogen-bond acceptors (Lipinski definition) is 4. The quantitative estimate of drug-likeness (QED) is 0.642. The molecule has 0 atom stereocenters. The highest BCUT2D eigenvalue weighted by atomic mass is 35.5. The number of amides is 2. The summed E-state index contributed by atoms with van der Waals surface area (Å²) >= 11 is 11.8. The number of rotatable bonds is 8. The molecule has 9 heteroatoms. The number of ether oxygens (including phenoxy) is 1. The Balaban J connectivity index is 1.80. The molecule has 0 aliphatic carbocycles. The van der Waals surface area contributed by atoms with Gasteiger partial charge in [-0.15, -0.1) is 0 Å². The van der Waals surface area contributed by atoms with Crippen LogP contribution >= 0.6 is 23.2 Å². The minimum Gasteiger partial charge on any atom is -0.382 e. The molecule has 6 nitrogen and oxygen atoms in total. The molecule has 29 heavy (non-hydrogen) atoms. The molecule has 0 spiro atoms. The number of carbonyl (C=O) groups is 2. The number of alkyl halides is 1. The minimum atomic E-state index is -1.51. The normalized spacial score (nSPS) is 17.0. The summed E-state index contributed by atoms with van der Waals surface area (Å²) in [6.07, 6.45) is 0.469. The van der Waals surface area contributed by atoms with Crippen LogP contribution in [0.25, 0.3) is 0 Å². The van der Waals surface area contributed by atoms with Crippen molar-refractivity contribution in [3.63, 3.8) is 0 Å². The maximum absolute atomic E-state index is 15.1. The fourth-order valence-corrected chi connectivity index (χ4v) is 3.86. The summed E-state index contributed by atoms with van der Waals surface area (Å²) in [5, 5.41) is 6.23. The maximum atomic E-state index is 15.1. The number of piperidine rings is 1. The molecule has 1 aromatic carbocycles. The molecule has 2 rings (SSSR count). The first-order valence-corrected chi connectivity index (χ1v) is 10.2. The van der Waals surface area contributed by atoms with Crippen LogP contribution in [0.2, 0.25) is 10.0 Å². The van der Waals surface area contributed by atoms with E-state index in [2.05, 4.69) is 10.6 Å². The van der Waals surface area contributed by atoms with Crippen molar-refractivity contribution in [2.45, 2.75) is 37.9 Å². The van der Waals surface area contributed by atoms with Gasteiger partial charge in [0.25, 0.3) is 5.91 Å². The molecule has 0 aromatic heterocycles. The van der Waals surface area contributed by atoms with Crippen LogP contribution in [-0.4, -0.2) is 67.8 Å². The first-order chi connectivity index (χ1) is 13.5. The van der Waals surface area contributed by atoms with Gasteiger partial charge in [0.1, 0.15) is 5.67 Å². The first kappa shape index (κ1) is 23.9. The molecule has 2 amide bonds. The monoisotopic (exact) mass is 447 g/mol. The molecule has 1 heterocycles. The summed E-state index contributed by atoms with van der Waals surface area (Å²) in [5.74, 6) is -0.543. The number of hydrogen-bond donors (Lipinski definition) is 2. The van der Waals surface area contributed by atoms with Gasteiger partial charge in [0.15, 0.2) is 0 Å². The van der Waals surface area contributed by atoms with Gasteiger partial charge in [-0.2, -0.15) is 0 Å². The SMILES string of the molecule is COCC(C)(C)NC(=O)CN1CCC(F)(CNC(=O)c2cc(Cl)cc(Cl)c2)CC1. The lowest BCUT2D eigenvalue weighted by Crippen LogP contribution is -2.53. The Bertz CT molecular complexity index is 717. The largest absolute Gasteiger partial charge is 0.382 e. The number of likely N-dealkylation sites (tertiary alicyclic amines) is 1. The van der Waals surface area contributed by atoms with E-state index in [1.165, 1.54) is 18.2 Å². The zero-order chi connectivity index (χ0) is 21.7. The van der Waals surface area contributed by atoms with Crippen LogP contribution in [0.5, 0.6) is 0 Å². The first-order valence-electron chi connectivity index (χ1n) is 9.47. The topological polar surface area (TPSA) is 70.7 Å². The lowest BCUT2D eigenvalue weighted by Gasteiger charge is -2.36. The second kappa shape index (κ2) is 10.1. The van der Waals surface area contributed by atoms with Crippen molar-refractivity contribution in [2.75, 3.05) is 39.9 Å². The molecule has 0 bridgehead atoms. The van der Waals surface area contributed by atoms with Gasteiger partial charge < -0.3 is 15.4 Å². The van der Waals surface area contributed by atoms with E-state index in [1.54, 1.807) is 7.11 Å². The van der Waals surface area contributed by atoms with E-state index in [0.29, 0.717) is 35.3 Å². The van der Waals surface area contributed by atoms with Crippen molar-refractivity contribution in [3.05, 3.63) is 33.8 Å². The Kier molecular flexibility index (Phi) is 8.28. The lowest BCUT2D eigenvalue weighted by molar-refractivity contribution is -0.125. The molecule has 0 saturated carbocycles. The Hall–Kier alpha value is -1.41. The standard InChI is InChI=1S/C20H28Cl2FN3O3/c1-19(2,13-29-3)25-17(27)11-26-6-4-20(23,5-7-26)12-24-18(28)14-8-15(21)10-16(22)9-14/h8-10H,4-7,11-13H2,1-3H3,(H,24,28)(H,25,27). The number of nitrogens with zero attached hydrogens (tertiary/aromatic N) is 1. The fraction of sp³-hybridized carbons (Fsp3) is 0.600. The van der Waals surface area contributed by atoms with E-state index in [1.807, 2.05) is 18.7 Å². The van der Waals surface area contributed by atoms with Crippen LogP contribution in [0.1, 0.15) is 37.0 Å². The van der Waals surface area contributed by atoms with E-state index in [0.717, 1.165) is 0 Å². The highest BCUT2D eigenvalue weighted by Gasteiger charge is 2.35.